The Morgan fingerprint density at radius 2 is 1.64 bits per heavy atom. The van der Waals surface area contributed by atoms with Gasteiger partial charge >= 0.3 is 0 Å². The molecule has 0 bridgehead atoms. The molecule has 1 unspecified atom stereocenters. The van der Waals surface area contributed by atoms with Gasteiger partial charge in [0.2, 0.25) is 0 Å². The molecule has 1 aliphatic rings. The Hall–Kier alpha value is -1.56. The second-order valence-electron chi connectivity index (χ2n) is 7.99. The number of rotatable bonds is 8. The van der Waals surface area contributed by atoms with Crippen molar-refractivity contribution in [1.29, 1.82) is 0 Å². The normalized spacial score (nSPS) is 17.7. The monoisotopic (exact) mass is 334 g/mol. The van der Waals surface area contributed by atoms with E-state index in [-0.39, 0.29) is 0 Å². The molecular formula is C25H34. The molecule has 0 spiro atoms. The van der Waals surface area contributed by atoms with Crippen molar-refractivity contribution in [2.45, 2.75) is 78.1 Å². The van der Waals surface area contributed by atoms with Crippen molar-refractivity contribution in [3.8, 4) is 0 Å². The highest BCUT2D eigenvalue weighted by atomic mass is 14.2. The highest BCUT2D eigenvalue weighted by Crippen LogP contribution is 2.34. The van der Waals surface area contributed by atoms with Crippen LogP contribution < -0.4 is 0 Å². The number of allylic oxidation sites excluding steroid dienone is 2. The highest BCUT2D eigenvalue weighted by Gasteiger charge is 2.15. The Bertz CT molecular complexity index is 707. The van der Waals surface area contributed by atoms with Crippen LogP contribution in [0.25, 0.3) is 16.3 Å². The first kappa shape index (κ1) is 18.2. The van der Waals surface area contributed by atoms with Crippen LogP contribution in [0.3, 0.4) is 0 Å². The molecule has 0 N–H and O–H groups in total. The Morgan fingerprint density at radius 1 is 0.880 bits per heavy atom. The molecule has 0 nitrogen and oxygen atoms in total. The van der Waals surface area contributed by atoms with Crippen molar-refractivity contribution in [1.82, 2.24) is 0 Å². The van der Waals surface area contributed by atoms with Gasteiger partial charge in [-0.1, -0.05) is 93.8 Å². The number of fused-ring (bicyclic) bond motifs is 1. The zero-order chi connectivity index (χ0) is 17.5. The van der Waals surface area contributed by atoms with Gasteiger partial charge in [-0.2, -0.15) is 0 Å². The van der Waals surface area contributed by atoms with Crippen molar-refractivity contribution in [3.05, 3.63) is 53.6 Å². The van der Waals surface area contributed by atoms with Gasteiger partial charge in [-0.3, -0.25) is 0 Å². The first-order chi connectivity index (χ1) is 12.3. The van der Waals surface area contributed by atoms with Crippen LogP contribution in [0.4, 0.5) is 0 Å². The molecule has 0 aromatic heterocycles. The third-order valence-corrected chi connectivity index (χ3v) is 5.85. The van der Waals surface area contributed by atoms with Crippen LogP contribution in [0.1, 0.15) is 82.3 Å². The minimum Gasteiger partial charge on any atom is -0.0804 e. The van der Waals surface area contributed by atoms with E-state index < -0.39 is 0 Å². The smallest absolute Gasteiger partial charge is 0.0178 e. The fourth-order valence-electron chi connectivity index (χ4n) is 4.19. The summed E-state index contributed by atoms with van der Waals surface area (Å²) in [5.41, 5.74) is 4.35. The first-order valence-corrected chi connectivity index (χ1v) is 10.5. The van der Waals surface area contributed by atoms with Gasteiger partial charge in [-0.15, -0.1) is 0 Å². The standard InChI is InChI=1S/C25H34/c1-3-4-5-6-7-8-9-21-11-14-22(15-12-21)24-17-16-23-18-20(2)10-13-25(23)19-24/h10,13-14,16-19,21H,3-9,11-12,15H2,1-2H3. The van der Waals surface area contributed by atoms with Crippen LogP contribution in [0.15, 0.2) is 42.5 Å². The van der Waals surface area contributed by atoms with Gasteiger partial charge in [0, 0.05) is 0 Å². The molecule has 134 valence electrons. The Morgan fingerprint density at radius 3 is 2.44 bits per heavy atom. The average molecular weight is 335 g/mol. The van der Waals surface area contributed by atoms with Gasteiger partial charge in [0.15, 0.2) is 0 Å². The summed E-state index contributed by atoms with van der Waals surface area (Å²) in [5.74, 6) is 0.929. The molecule has 0 heterocycles. The lowest BCUT2D eigenvalue weighted by Crippen LogP contribution is -2.05. The summed E-state index contributed by atoms with van der Waals surface area (Å²) in [7, 11) is 0. The van der Waals surface area contributed by atoms with Crippen molar-refractivity contribution in [2.24, 2.45) is 5.92 Å². The molecule has 1 atom stereocenters. The number of unbranched alkanes of at least 4 members (excludes halogenated alkanes) is 5. The van der Waals surface area contributed by atoms with E-state index in [1.54, 1.807) is 5.57 Å². The lowest BCUT2D eigenvalue weighted by Gasteiger charge is -2.22. The first-order valence-electron chi connectivity index (χ1n) is 10.5. The minimum atomic E-state index is 0.929. The van der Waals surface area contributed by atoms with Crippen LogP contribution in [0, 0.1) is 12.8 Å². The molecule has 0 fully saturated rings. The largest absolute Gasteiger partial charge is 0.0804 e. The van der Waals surface area contributed by atoms with E-state index >= 15 is 0 Å². The summed E-state index contributed by atoms with van der Waals surface area (Å²) in [4.78, 5) is 0. The Labute approximate surface area is 154 Å². The summed E-state index contributed by atoms with van der Waals surface area (Å²) in [5, 5.41) is 2.74. The lowest BCUT2D eigenvalue weighted by atomic mass is 9.83. The molecule has 0 saturated carbocycles. The zero-order valence-corrected chi connectivity index (χ0v) is 16.2. The van der Waals surface area contributed by atoms with Gasteiger partial charge in [-0.05, 0) is 60.1 Å². The van der Waals surface area contributed by atoms with Crippen LogP contribution in [-0.2, 0) is 0 Å². The van der Waals surface area contributed by atoms with Gasteiger partial charge in [0.1, 0.15) is 0 Å². The van der Waals surface area contributed by atoms with Crippen LogP contribution >= 0.6 is 0 Å². The molecule has 25 heavy (non-hydrogen) atoms. The Balaban J connectivity index is 1.51. The molecule has 0 aliphatic heterocycles. The molecular weight excluding hydrogens is 300 g/mol. The maximum Gasteiger partial charge on any atom is -0.0178 e. The molecule has 0 radical (unpaired) electrons. The van der Waals surface area contributed by atoms with Crippen molar-refractivity contribution in [2.75, 3.05) is 0 Å². The van der Waals surface area contributed by atoms with E-state index in [4.69, 9.17) is 0 Å². The number of hydrogen-bond donors (Lipinski definition) is 0. The maximum atomic E-state index is 2.53. The van der Waals surface area contributed by atoms with Crippen molar-refractivity contribution < 1.29 is 0 Å². The third kappa shape index (κ3) is 5.21. The second-order valence-corrected chi connectivity index (χ2v) is 7.99. The average Bonchev–Trinajstić information content (AvgIpc) is 2.64. The van der Waals surface area contributed by atoms with E-state index in [0.717, 1.165) is 5.92 Å². The summed E-state index contributed by atoms with van der Waals surface area (Å²) >= 11 is 0. The summed E-state index contributed by atoms with van der Waals surface area (Å²) in [6, 6.07) is 13.8. The van der Waals surface area contributed by atoms with E-state index in [9.17, 15) is 0 Å². The number of hydrogen-bond acceptors (Lipinski definition) is 0. The molecule has 1 aliphatic carbocycles. The fraction of sp³-hybridized carbons (Fsp3) is 0.520. The van der Waals surface area contributed by atoms with Gasteiger partial charge in [-0.25, -0.2) is 0 Å². The van der Waals surface area contributed by atoms with Gasteiger partial charge < -0.3 is 0 Å². The molecule has 2 aromatic carbocycles. The summed E-state index contributed by atoms with van der Waals surface area (Å²) in [6.45, 7) is 4.46. The van der Waals surface area contributed by atoms with Crippen molar-refractivity contribution in [3.63, 3.8) is 0 Å². The summed E-state index contributed by atoms with van der Waals surface area (Å²) < 4.78 is 0. The SMILES string of the molecule is CCCCCCCCC1CC=C(c2ccc3cc(C)ccc3c2)CC1. The van der Waals surface area contributed by atoms with E-state index in [2.05, 4.69) is 56.3 Å². The number of benzene rings is 2. The highest BCUT2D eigenvalue weighted by molar-refractivity contribution is 5.87. The van der Waals surface area contributed by atoms with E-state index in [1.807, 2.05) is 0 Å². The molecule has 0 saturated heterocycles. The zero-order valence-electron chi connectivity index (χ0n) is 16.2. The molecule has 2 aromatic rings. The predicted octanol–water partition coefficient (Wildman–Crippen LogP) is 8.08. The molecule has 0 heteroatoms. The van der Waals surface area contributed by atoms with E-state index in [0.29, 0.717) is 0 Å². The lowest BCUT2D eigenvalue weighted by molar-refractivity contribution is 0.423. The van der Waals surface area contributed by atoms with E-state index in [1.165, 1.54) is 86.1 Å². The topological polar surface area (TPSA) is 0 Å². The minimum absolute atomic E-state index is 0.929. The van der Waals surface area contributed by atoms with Gasteiger partial charge in [0.05, 0.1) is 0 Å². The predicted molar refractivity (Wildman–Crippen MR) is 112 cm³/mol. The Kier molecular flexibility index (Phi) is 6.73. The third-order valence-electron chi connectivity index (χ3n) is 5.85. The molecule has 3 rings (SSSR count). The van der Waals surface area contributed by atoms with Crippen LogP contribution in [-0.4, -0.2) is 0 Å². The van der Waals surface area contributed by atoms with Gasteiger partial charge in [0.25, 0.3) is 0 Å². The number of aryl methyl sites for hydroxylation is 1. The maximum absolute atomic E-state index is 2.53. The van der Waals surface area contributed by atoms with Crippen molar-refractivity contribution >= 4 is 16.3 Å². The molecule has 0 amide bonds. The quantitative estimate of drug-likeness (QED) is 0.428. The van der Waals surface area contributed by atoms with Crippen LogP contribution in [0.2, 0.25) is 0 Å². The fourth-order valence-corrected chi connectivity index (χ4v) is 4.19. The second kappa shape index (κ2) is 9.22. The summed E-state index contributed by atoms with van der Waals surface area (Å²) in [6.07, 6.45) is 16.4. The van der Waals surface area contributed by atoms with Crippen LogP contribution in [0.5, 0.6) is 0 Å².